The number of imide groups is 1. The predicted molar refractivity (Wildman–Crippen MR) is 122 cm³/mol. The van der Waals surface area contributed by atoms with E-state index in [1.807, 2.05) is 30.3 Å². The number of nitrogens with one attached hydrogen (secondary N) is 2. The predicted octanol–water partition coefficient (Wildman–Crippen LogP) is 3.35. The van der Waals surface area contributed by atoms with Gasteiger partial charge in [0, 0.05) is 28.9 Å². The molecule has 1 spiro atoms. The molecule has 2 aromatic rings. The number of rotatable bonds is 5. The molecule has 0 saturated carbocycles. The number of carbonyl (C=O) groups is 3. The highest BCUT2D eigenvalue weighted by molar-refractivity contribution is 6.31. The lowest BCUT2D eigenvalue weighted by Gasteiger charge is -2.30. The summed E-state index contributed by atoms with van der Waals surface area (Å²) in [4.78, 5) is 42.0. The topological polar surface area (TPSA) is 78.5 Å². The molecule has 0 bridgehead atoms. The van der Waals surface area contributed by atoms with E-state index in [0.717, 1.165) is 5.56 Å². The van der Waals surface area contributed by atoms with Crippen LogP contribution in [0.2, 0.25) is 5.02 Å². The number of anilines is 1. The molecule has 32 heavy (non-hydrogen) atoms. The SMILES string of the molecule is CC(C)CC1NC2(C(=O)Nc3ccc(Cl)cc32)[C@H]2C(=O)N(CCc3ccccc3)C(=O)[C@@H]12. The lowest BCUT2D eigenvalue weighted by molar-refractivity contribution is -0.142. The molecular formula is C25H26ClN3O3. The van der Waals surface area contributed by atoms with E-state index in [4.69, 9.17) is 11.6 Å². The second kappa shape index (κ2) is 7.71. The first-order chi connectivity index (χ1) is 15.3. The van der Waals surface area contributed by atoms with Gasteiger partial charge < -0.3 is 5.32 Å². The van der Waals surface area contributed by atoms with Crippen LogP contribution >= 0.6 is 11.6 Å². The van der Waals surface area contributed by atoms with Gasteiger partial charge in [0.1, 0.15) is 5.54 Å². The van der Waals surface area contributed by atoms with Gasteiger partial charge in [-0.3, -0.25) is 24.6 Å². The Labute approximate surface area is 192 Å². The normalized spacial score (nSPS) is 28.6. The Balaban J connectivity index is 1.54. The molecule has 3 amide bonds. The van der Waals surface area contributed by atoms with Crippen LogP contribution in [0.4, 0.5) is 5.69 Å². The molecule has 0 radical (unpaired) electrons. The van der Waals surface area contributed by atoms with E-state index in [1.54, 1.807) is 18.2 Å². The average molecular weight is 452 g/mol. The first-order valence-corrected chi connectivity index (χ1v) is 11.5. The minimum atomic E-state index is -1.28. The first kappa shape index (κ1) is 21.2. The van der Waals surface area contributed by atoms with Crippen LogP contribution in [0.5, 0.6) is 0 Å². The van der Waals surface area contributed by atoms with Crippen molar-refractivity contribution in [3.05, 3.63) is 64.7 Å². The molecule has 0 aromatic heterocycles. The molecule has 5 rings (SSSR count). The van der Waals surface area contributed by atoms with Gasteiger partial charge in [-0.25, -0.2) is 0 Å². The van der Waals surface area contributed by atoms with Gasteiger partial charge >= 0.3 is 0 Å². The van der Waals surface area contributed by atoms with Gasteiger partial charge in [0.05, 0.1) is 11.8 Å². The summed E-state index contributed by atoms with van der Waals surface area (Å²) in [5.74, 6) is -1.81. The largest absolute Gasteiger partial charge is 0.324 e. The summed E-state index contributed by atoms with van der Waals surface area (Å²) in [7, 11) is 0. The molecule has 3 aliphatic heterocycles. The van der Waals surface area contributed by atoms with Gasteiger partial charge in [0.25, 0.3) is 0 Å². The Morgan fingerprint density at radius 2 is 1.81 bits per heavy atom. The van der Waals surface area contributed by atoms with E-state index in [0.29, 0.717) is 41.6 Å². The third-order valence-electron chi connectivity index (χ3n) is 6.96. The molecule has 2 unspecified atom stereocenters. The average Bonchev–Trinajstić information content (AvgIpc) is 3.32. The van der Waals surface area contributed by atoms with Crippen molar-refractivity contribution in [1.29, 1.82) is 0 Å². The Morgan fingerprint density at radius 3 is 2.53 bits per heavy atom. The minimum absolute atomic E-state index is 0.186. The molecular weight excluding hydrogens is 426 g/mol. The Morgan fingerprint density at radius 1 is 1.06 bits per heavy atom. The summed E-state index contributed by atoms with van der Waals surface area (Å²) >= 11 is 6.28. The molecule has 166 valence electrons. The third kappa shape index (κ3) is 3.08. The van der Waals surface area contributed by atoms with E-state index in [9.17, 15) is 14.4 Å². The van der Waals surface area contributed by atoms with Crippen molar-refractivity contribution < 1.29 is 14.4 Å². The Kier molecular flexibility index (Phi) is 5.10. The van der Waals surface area contributed by atoms with Gasteiger partial charge in [0.2, 0.25) is 17.7 Å². The van der Waals surface area contributed by atoms with Crippen LogP contribution in [0, 0.1) is 17.8 Å². The maximum absolute atomic E-state index is 13.7. The van der Waals surface area contributed by atoms with E-state index >= 15 is 0 Å². The van der Waals surface area contributed by atoms with Gasteiger partial charge in [-0.2, -0.15) is 0 Å². The maximum atomic E-state index is 13.7. The number of fused-ring (bicyclic) bond motifs is 4. The standard InChI is InChI=1S/C25H26ClN3O3/c1-14(2)12-19-20-21(23(31)29(22(20)30)11-10-15-6-4-3-5-7-15)25(28-19)17-13-16(26)8-9-18(17)27-24(25)32/h3-9,13-14,19-21,28H,10-12H2,1-2H3,(H,27,32)/t19?,20-,21+,25?/m0/s1. The van der Waals surface area contributed by atoms with Crippen LogP contribution in [0.15, 0.2) is 48.5 Å². The first-order valence-electron chi connectivity index (χ1n) is 11.1. The number of amides is 3. The van der Waals surface area contributed by atoms with E-state index in [-0.39, 0.29) is 23.8 Å². The number of halogens is 1. The van der Waals surface area contributed by atoms with Crippen molar-refractivity contribution in [2.45, 2.75) is 38.3 Å². The zero-order chi connectivity index (χ0) is 22.6. The van der Waals surface area contributed by atoms with Crippen LogP contribution < -0.4 is 10.6 Å². The minimum Gasteiger partial charge on any atom is -0.324 e. The van der Waals surface area contributed by atoms with Crippen molar-refractivity contribution in [2.75, 3.05) is 11.9 Å². The number of likely N-dealkylation sites (tertiary alicyclic amines) is 1. The van der Waals surface area contributed by atoms with E-state index in [2.05, 4.69) is 24.5 Å². The second-order valence-electron chi connectivity index (χ2n) is 9.40. The third-order valence-corrected chi connectivity index (χ3v) is 7.20. The summed E-state index contributed by atoms with van der Waals surface area (Å²) in [6.07, 6.45) is 1.28. The number of benzene rings is 2. The van der Waals surface area contributed by atoms with Crippen LogP contribution in [-0.4, -0.2) is 35.2 Å². The quantitative estimate of drug-likeness (QED) is 0.683. The molecule has 7 heteroatoms. The monoisotopic (exact) mass is 451 g/mol. The van der Waals surface area contributed by atoms with Crippen molar-refractivity contribution in [3.8, 4) is 0 Å². The van der Waals surface area contributed by atoms with Gasteiger partial charge in [-0.1, -0.05) is 55.8 Å². The Bertz CT molecular complexity index is 1100. The van der Waals surface area contributed by atoms with Gasteiger partial charge in [-0.05, 0) is 42.5 Å². The zero-order valence-electron chi connectivity index (χ0n) is 18.1. The molecule has 4 atom stereocenters. The van der Waals surface area contributed by atoms with Gasteiger partial charge in [0.15, 0.2) is 0 Å². The van der Waals surface area contributed by atoms with Gasteiger partial charge in [-0.15, -0.1) is 0 Å². The van der Waals surface area contributed by atoms with Crippen LogP contribution in [-0.2, 0) is 26.3 Å². The summed E-state index contributed by atoms with van der Waals surface area (Å²) in [6.45, 7) is 4.47. The molecule has 2 aromatic carbocycles. The summed E-state index contributed by atoms with van der Waals surface area (Å²) in [5, 5.41) is 6.85. The lowest BCUT2D eigenvalue weighted by Crippen LogP contribution is -2.53. The second-order valence-corrected chi connectivity index (χ2v) is 9.84. The lowest BCUT2D eigenvalue weighted by atomic mass is 9.76. The van der Waals surface area contributed by atoms with Crippen molar-refractivity contribution in [3.63, 3.8) is 0 Å². The van der Waals surface area contributed by atoms with Crippen LogP contribution in [0.3, 0.4) is 0 Å². The van der Waals surface area contributed by atoms with Crippen molar-refractivity contribution in [1.82, 2.24) is 10.2 Å². The molecule has 6 nitrogen and oxygen atoms in total. The zero-order valence-corrected chi connectivity index (χ0v) is 18.9. The number of hydrogen-bond donors (Lipinski definition) is 2. The highest BCUT2D eigenvalue weighted by Gasteiger charge is 2.70. The fourth-order valence-corrected chi connectivity index (χ4v) is 5.82. The molecule has 2 fully saturated rings. The Hall–Kier alpha value is -2.70. The maximum Gasteiger partial charge on any atom is 0.250 e. The van der Waals surface area contributed by atoms with Crippen molar-refractivity contribution >= 4 is 35.0 Å². The smallest absolute Gasteiger partial charge is 0.250 e. The summed E-state index contributed by atoms with van der Waals surface area (Å²) < 4.78 is 0. The summed E-state index contributed by atoms with van der Waals surface area (Å²) in [6, 6.07) is 14.7. The van der Waals surface area contributed by atoms with Crippen molar-refractivity contribution in [2.24, 2.45) is 17.8 Å². The van der Waals surface area contributed by atoms with E-state index in [1.165, 1.54) is 4.90 Å². The summed E-state index contributed by atoms with van der Waals surface area (Å²) in [5.41, 5.74) is 1.08. The molecule has 3 aliphatic rings. The molecule has 0 aliphatic carbocycles. The fraction of sp³-hybridized carbons (Fsp3) is 0.400. The highest BCUT2D eigenvalue weighted by Crippen LogP contribution is 2.54. The molecule has 2 saturated heterocycles. The van der Waals surface area contributed by atoms with Crippen LogP contribution in [0.1, 0.15) is 31.4 Å². The number of hydrogen-bond acceptors (Lipinski definition) is 4. The number of carbonyl (C=O) groups excluding carboxylic acids is 3. The molecule has 2 N–H and O–H groups in total. The highest BCUT2D eigenvalue weighted by atomic mass is 35.5. The molecule has 3 heterocycles. The fourth-order valence-electron chi connectivity index (χ4n) is 5.65. The number of nitrogens with zero attached hydrogens (tertiary/aromatic N) is 1. The van der Waals surface area contributed by atoms with Crippen LogP contribution in [0.25, 0.3) is 0 Å². The van der Waals surface area contributed by atoms with E-state index < -0.39 is 17.4 Å².